The zero-order valence-corrected chi connectivity index (χ0v) is 20.3. The molecule has 9 heteroatoms. The number of hydrogen-bond donors (Lipinski definition) is 1. The molecule has 8 nitrogen and oxygen atoms in total. The summed E-state index contributed by atoms with van der Waals surface area (Å²) in [5, 5.41) is 1.43. The molecule has 0 aliphatic carbocycles. The Morgan fingerprint density at radius 2 is 1.81 bits per heavy atom. The first-order valence-electron chi connectivity index (χ1n) is 11.2. The Morgan fingerprint density at radius 3 is 2.56 bits per heavy atom. The summed E-state index contributed by atoms with van der Waals surface area (Å²) in [5.41, 5.74) is 4.65. The molecular formula is C27H21N5O3S. The van der Waals surface area contributed by atoms with Gasteiger partial charge in [0.2, 0.25) is 0 Å². The van der Waals surface area contributed by atoms with E-state index in [-0.39, 0.29) is 10.5 Å². The Labute approximate surface area is 207 Å². The third kappa shape index (κ3) is 3.44. The summed E-state index contributed by atoms with van der Waals surface area (Å²) in [6.07, 6.45) is 6.56. The number of fused-ring (bicyclic) bond motifs is 2. The topological polar surface area (TPSA) is 103 Å². The summed E-state index contributed by atoms with van der Waals surface area (Å²) in [4.78, 5) is 16.5. The summed E-state index contributed by atoms with van der Waals surface area (Å²) < 4.78 is 34.9. The molecule has 0 unspecified atom stereocenters. The molecule has 0 bridgehead atoms. The van der Waals surface area contributed by atoms with E-state index in [9.17, 15) is 8.42 Å². The predicted octanol–water partition coefficient (Wildman–Crippen LogP) is 5.20. The van der Waals surface area contributed by atoms with Crippen LogP contribution in [0.25, 0.3) is 44.5 Å². The van der Waals surface area contributed by atoms with Crippen molar-refractivity contribution < 1.29 is 13.2 Å². The number of nitrogens with one attached hydrogen (secondary N) is 1. The molecule has 178 valence electrons. The van der Waals surface area contributed by atoms with E-state index in [0.717, 1.165) is 22.0 Å². The first-order chi connectivity index (χ1) is 17.5. The minimum Gasteiger partial charge on any atom is -0.497 e. The van der Waals surface area contributed by atoms with Crippen molar-refractivity contribution in [1.82, 2.24) is 23.9 Å². The highest BCUT2D eigenvalue weighted by Crippen LogP contribution is 2.38. The highest BCUT2D eigenvalue weighted by atomic mass is 32.2. The van der Waals surface area contributed by atoms with Gasteiger partial charge in [-0.3, -0.25) is 4.98 Å². The normalized spacial score (nSPS) is 11.8. The predicted molar refractivity (Wildman–Crippen MR) is 138 cm³/mol. The molecule has 0 saturated heterocycles. The fourth-order valence-corrected chi connectivity index (χ4v) is 5.88. The number of hydrogen-bond acceptors (Lipinski definition) is 6. The molecule has 1 N–H and O–H groups in total. The van der Waals surface area contributed by atoms with E-state index >= 15 is 0 Å². The fourth-order valence-electron chi connectivity index (χ4n) is 4.41. The number of methoxy groups -OCH3 is 1. The molecule has 0 aliphatic rings. The molecule has 0 spiro atoms. The Bertz CT molecular complexity index is 1840. The SMILES string of the molecule is COc1ccc2[nH]cc(-c3cc4c(-c5cccnc5)ncnc4n3S(=O)(=O)c3ccc(C)cc3)c2c1. The average molecular weight is 496 g/mol. The van der Waals surface area contributed by atoms with Gasteiger partial charge in [-0.05, 0) is 55.5 Å². The van der Waals surface area contributed by atoms with Crippen molar-refractivity contribution in [3.63, 3.8) is 0 Å². The lowest BCUT2D eigenvalue weighted by Gasteiger charge is -2.12. The second-order valence-electron chi connectivity index (χ2n) is 8.43. The lowest BCUT2D eigenvalue weighted by Crippen LogP contribution is -2.14. The van der Waals surface area contributed by atoms with E-state index in [2.05, 4.69) is 19.9 Å². The number of ether oxygens (including phenoxy) is 1. The zero-order chi connectivity index (χ0) is 24.9. The number of pyridine rings is 1. The van der Waals surface area contributed by atoms with Gasteiger partial charge in [0.1, 0.15) is 12.1 Å². The Morgan fingerprint density at radius 1 is 0.972 bits per heavy atom. The quantitative estimate of drug-likeness (QED) is 0.353. The van der Waals surface area contributed by atoms with Crippen molar-refractivity contribution >= 4 is 32.0 Å². The van der Waals surface area contributed by atoms with Crippen LogP contribution in [0.3, 0.4) is 0 Å². The maximum Gasteiger partial charge on any atom is 0.269 e. The van der Waals surface area contributed by atoms with E-state index in [1.54, 1.807) is 50.0 Å². The molecule has 0 fully saturated rings. The van der Waals surface area contributed by atoms with Gasteiger partial charge in [0, 0.05) is 46.0 Å². The van der Waals surface area contributed by atoms with Crippen molar-refractivity contribution in [3.05, 3.63) is 91.1 Å². The van der Waals surface area contributed by atoms with Crippen LogP contribution in [0.5, 0.6) is 5.75 Å². The average Bonchev–Trinajstić information content (AvgIpc) is 3.50. The van der Waals surface area contributed by atoms with E-state index in [1.807, 2.05) is 43.3 Å². The number of aryl methyl sites for hydroxylation is 1. The number of rotatable bonds is 5. The fraction of sp³-hybridized carbons (Fsp3) is 0.0741. The first-order valence-corrected chi connectivity index (χ1v) is 12.7. The zero-order valence-electron chi connectivity index (χ0n) is 19.5. The van der Waals surface area contributed by atoms with Gasteiger partial charge >= 0.3 is 0 Å². The molecule has 2 aromatic carbocycles. The second kappa shape index (κ2) is 8.31. The smallest absolute Gasteiger partial charge is 0.269 e. The molecule has 6 rings (SSSR count). The van der Waals surface area contributed by atoms with E-state index < -0.39 is 10.0 Å². The molecule has 0 aliphatic heterocycles. The molecule has 0 amide bonds. The lowest BCUT2D eigenvalue weighted by molar-refractivity contribution is 0.415. The van der Waals surface area contributed by atoms with Gasteiger partial charge in [-0.15, -0.1) is 0 Å². The van der Waals surface area contributed by atoms with E-state index in [1.165, 1.54) is 10.3 Å². The molecule has 6 aromatic rings. The van der Waals surface area contributed by atoms with Gasteiger partial charge in [-0.25, -0.2) is 22.4 Å². The van der Waals surface area contributed by atoms with Crippen LogP contribution in [0, 0.1) is 6.92 Å². The highest BCUT2D eigenvalue weighted by molar-refractivity contribution is 7.90. The minimum atomic E-state index is -4.01. The highest BCUT2D eigenvalue weighted by Gasteiger charge is 2.27. The monoisotopic (exact) mass is 495 g/mol. The number of nitrogens with zero attached hydrogens (tertiary/aromatic N) is 4. The van der Waals surface area contributed by atoms with Crippen LogP contribution in [0.1, 0.15) is 5.56 Å². The van der Waals surface area contributed by atoms with E-state index in [0.29, 0.717) is 28.1 Å². The largest absolute Gasteiger partial charge is 0.497 e. The van der Waals surface area contributed by atoms with Crippen molar-refractivity contribution in [2.75, 3.05) is 7.11 Å². The number of aromatic nitrogens is 5. The molecule has 0 saturated carbocycles. The van der Waals surface area contributed by atoms with E-state index in [4.69, 9.17) is 4.74 Å². The molecule has 0 radical (unpaired) electrons. The van der Waals surface area contributed by atoms with Gasteiger partial charge in [0.25, 0.3) is 10.0 Å². The van der Waals surface area contributed by atoms with Crippen LogP contribution < -0.4 is 4.74 Å². The van der Waals surface area contributed by atoms with Gasteiger partial charge in [-0.1, -0.05) is 17.7 Å². The number of aromatic amines is 1. The van der Waals surface area contributed by atoms with Crippen LogP contribution in [0.4, 0.5) is 0 Å². The maximum absolute atomic E-state index is 14.1. The van der Waals surface area contributed by atoms with Crippen molar-refractivity contribution in [1.29, 1.82) is 0 Å². The van der Waals surface area contributed by atoms with Crippen molar-refractivity contribution in [2.45, 2.75) is 11.8 Å². The maximum atomic E-state index is 14.1. The summed E-state index contributed by atoms with van der Waals surface area (Å²) in [6, 6.07) is 18.0. The summed E-state index contributed by atoms with van der Waals surface area (Å²) in [5.74, 6) is 0.670. The van der Waals surface area contributed by atoms with Crippen LogP contribution >= 0.6 is 0 Å². The summed E-state index contributed by atoms with van der Waals surface area (Å²) in [6.45, 7) is 1.92. The van der Waals surface area contributed by atoms with Crippen LogP contribution in [-0.2, 0) is 10.0 Å². The first kappa shape index (κ1) is 22.0. The van der Waals surface area contributed by atoms with Gasteiger partial charge in [0.05, 0.1) is 23.4 Å². The van der Waals surface area contributed by atoms with Crippen LogP contribution in [0.15, 0.2) is 90.5 Å². The Hall–Kier alpha value is -4.50. The number of benzene rings is 2. The third-order valence-corrected chi connectivity index (χ3v) is 7.93. The Balaban J connectivity index is 1.71. The molecule has 4 heterocycles. The molecule has 4 aromatic heterocycles. The standard InChI is InChI=1S/C27H21N5O3S/c1-17-5-8-20(9-6-17)36(33,34)32-25(23-15-29-24-10-7-19(35-2)12-21(23)24)13-22-26(30-16-31-27(22)32)18-4-3-11-28-14-18/h3-16,29H,1-2H3. The second-order valence-corrected chi connectivity index (χ2v) is 10.2. The van der Waals surface area contributed by atoms with Gasteiger partial charge in [0.15, 0.2) is 5.65 Å². The van der Waals surface area contributed by atoms with Gasteiger partial charge < -0.3 is 9.72 Å². The van der Waals surface area contributed by atoms with Crippen molar-refractivity contribution in [3.8, 4) is 28.3 Å². The Kier molecular flexibility index (Phi) is 5.08. The number of H-pyrrole nitrogens is 1. The van der Waals surface area contributed by atoms with Crippen LogP contribution in [-0.4, -0.2) is 39.4 Å². The summed E-state index contributed by atoms with van der Waals surface area (Å²) in [7, 11) is -2.41. The van der Waals surface area contributed by atoms with Gasteiger partial charge in [-0.2, -0.15) is 0 Å². The molecular weight excluding hydrogens is 474 g/mol. The molecule has 0 atom stereocenters. The summed E-state index contributed by atoms with van der Waals surface area (Å²) >= 11 is 0. The third-order valence-electron chi connectivity index (χ3n) is 6.21. The lowest BCUT2D eigenvalue weighted by atomic mass is 10.1. The minimum absolute atomic E-state index is 0.172. The van der Waals surface area contributed by atoms with Crippen LogP contribution in [0.2, 0.25) is 0 Å². The molecule has 36 heavy (non-hydrogen) atoms. The van der Waals surface area contributed by atoms with Crippen molar-refractivity contribution in [2.24, 2.45) is 0 Å².